The molecule has 1 heterocycles. The summed E-state index contributed by atoms with van der Waals surface area (Å²) >= 11 is 0. The second-order valence-corrected chi connectivity index (χ2v) is 8.61. The molecule has 144 valence electrons. The molecular formula is C20H25N3O3S. The highest BCUT2D eigenvalue weighted by molar-refractivity contribution is 7.92. The highest BCUT2D eigenvalue weighted by Gasteiger charge is 2.17. The van der Waals surface area contributed by atoms with E-state index >= 15 is 0 Å². The van der Waals surface area contributed by atoms with E-state index in [1.165, 1.54) is 24.3 Å². The Morgan fingerprint density at radius 1 is 1.11 bits per heavy atom. The fraction of sp³-hybridized carbons (Fsp3) is 0.350. The van der Waals surface area contributed by atoms with Gasteiger partial charge in [-0.25, -0.2) is 8.42 Å². The van der Waals surface area contributed by atoms with E-state index in [1.807, 2.05) is 19.9 Å². The van der Waals surface area contributed by atoms with E-state index in [0.29, 0.717) is 23.8 Å². The van der Waals surface area contributed by atoms with Crippen molar-refractivity contribution in [3.05, 3.63) is 59.2 Å². The van der Waals surface area contributed by atoms with Gasteiger partial charge < -0.3 is 10.6 Å². The van der Waals surface area contributed by atoms with Gasteiger partial charge in [-0.2, -0.15) is 0 Å². The zero-order valence-electron chi connectivity index (χ0n) is 15.6. The van der Waals surface area contributed by atoms with Crippen molar-refractivity contribution in [2.75, 3.05) is 17.8 Å². The van der Waals surface area contributed by atoms with Crippen LogP contribution in [-0.2, 0) is 10.0 Å². The van der Waals surface area contributed by atoms with Crippen LogP contribution in [0.4, 0.5) is 5.69 Å². The number of nitrogens with one attached hydrogen (secondary N) is 3. The van der Waals surface area contributed by atoms with Gasteiger partial charge in [-0.05, 0) is 80.8 Å². The third kappa shape index (κ3) is 4.87. The molecule has 1 fully saturated rings. The van der Waals surface area contributed by atoms with Gasteiger partial charge in [0, 0.05) is 23.8 Å². The number of hydrogen-bond donors (Lipinski definition) is 3. The van der Waals surface area contributed by atoms with Crippen LogP contribution in [0.15, 0.2) is 47.4 Å². The molecule has 0 radical (unpaired) electrons. The number of carbonyl (C=O) groups is 1. The van der Waals surface area contributed by atoms with Crippen molar-refractivity contribution < 1.29 is 13.2 Å². The first-order valence-corrected chi connectivity index (χ1v) is 10.6. The standard InChI is InChI=1S/C20H25N3O3S/c1-14-5-8-17(12-15(14)2)23-27(25,26)19-9-6-16(7-10-19)20(24)22-13-18-4-3-11-21-18/h5-10,12,18,21,23H,3-4,11,13H2,1-2H3,(H,22,24). The monoisotopic (exact) mass is 387 g/mol. The molecule has 2 aromatic carbocycles. The van der Waals surface area contributed by atoms with E-state index in [1.54, 1.807) is 12.1 Å². The van der Waals surface area contributed by atoms with Gasteiger partial charge in [-0.3, -0.25) is 9.52 Å². The number of benzene rings is 2. The molecular weight excluding hydrogens is 362 g/mol. The summed E-state index contributed by atoms with van der Waals surface area (Å²) in [6, 6.07) is 11.7. The molecule has 2 aromatic rings. The number of sulfonamides is 1. The average Bonchev–Trinajstić information content (AvgIpc) is 3.16. The molecule has 7 heteroatoms. The second kappa shape index (κ2) is 8.10. The van der Waals surface area contributed by atoms with Gasteiger partial charge >= 0.3 is 0 Å². The summed E-state index contributed by atoms with van der Waals surface area (Å²) in [5.41, 5.74) is 3.07. The van der Waals surface area contributed by atoms with Crippen LogP contribution >= 0.6 is 0 Å². The van der Waals surface area contributed by atoms with E-state index < -0.39 is 10.0 Å². The largest absolute Gasteiger partial charge is 0.350 e. The molecule has 1 amide bonds. The topological polar surface area (TPSA) is 87.3 Å². The van der Waals surface area contributed by atoms with E-state index in [0.717, 1.165) is 30.5 Å². The van der Waals surface area contributed by atoms with E-state index in [-0.39, 0.29) is 10.8 Å². The molecule has 1 aliphatic heterocycles. The van der Waals surface area contributed by atoms with Gasteiger partial charge in [-0.1, -0.05) is 6.07 Å². The van der Waals surface area contributed by atoms with Gasteiger partial charge in [0.2, 0.25) is 0 Å². The van der Waals surface area contributed by atoms with Crippen molar-refractivity contribution in [1.82, 2.24) is 10.6 Å². The second-order valence-electron chi connectivity index (χ2n) is 6.93. The zero-order valence-corrected chi connectivity index (χ0v) is 16.4. The van der Waals surface area contributed by atoms with Crippen LogP contribution in [0, 0.1) is 13.8 Å². The number of anilines is 1. The molecule has 0 saturated carbocycles. The molecule has 1 aliphatic rings. The fourth-order valence-electron chi connectivity index (χ4n) is 3.05. The van der Waals surface area contributed by atoms with Crippen molar-refractivity contribution in [1.29, 1.82) is 0 Å². The van der Waals surface area contributed by atoms with Crippen LogP contribution in [-0.4, -0.2) is 33.5 Å². The summed E-state index contributed by atoms with van der Waals surface area (Å²) in [5, 5.41) is 6.20. The Balaban J connectivity index is 1.65. The lowest BCUT2D eigenvalue weighted by Gasteiger charge is -2.12. The Labute approximate surface area is 160 Å². The summed E-state index contributed by atoms with van der Waals surface area (Å²) in [7, 11) is -3.70. The Bertz CT molecular complexity index is 918. The highest BCUT2D eigenvalue weighted by atomic mass is 32.2. The van der Waals surface area contributed by atoms with Crippen LogP contribution < -0.4 is 15.4 Å². The molecule has 0 aliphatic carbocycles. The summed E-state index contributed by atoms with van der Waals surface area (Å²) in [6.45, 7) is 5.47. The third-order valence-electron chi connectivity index (χ3n) is 4.86. The molecule has 3 N–H and O–H groups in total. The summed E-state index contributed by atoms with van der Waals surface area (Å²) in [6.07, 6.45) is 2.18. The number of carbonyl (C=O) groups excluding carboxylic acids is 1. The van der Waals surface area contributed by atoms with E-state index in [2.05, 4.69) is 15.4 Å². The zero-order chi connectivity index (χ0) is 19.4. The van der Waals surface area contributed by atoms with Gasteiger partial charge in [-0.15, -0.1) is 0 Å². The third-order valence-corrected chi connectivity index (χ3v) is 6.25. The maximum absolute atomic E-state index is 12.6. The van der Waals surface area contributed by atoms with Gasteiger partial charge in [0.1, 0.15) is 0 Å². The van der Waals surface area contributed by atoms with Crippen molar-refractivity contribution in [2.45, 2.75) is 37.6 Å². The molecule has 0 aromatic heterocycles. The highest BCUT2D eigenvalue weighted by Crippen LogP contribution is 2.19. The minimum atomic E-state index is -3.70. The van der Waals surface area contributed by atoms with Crippen LogP contribution in [0.3, 0.4) is 0 Å². The summed E-state index contributed by atoms with van der Waals surface area (Å²) in [4.78, 5) is 12.3. The lowest BCUT2D eigenvalue weighted by molar-refractivity contribution is 0.0950. The van der Waals surface area contributed by atoms with Gasteiger partial charge in [0.05, 0.1) is 4.90 Å². The molecule has 1 atom stereocenters. The first kappa shape index (κ1) is 19.4. The van der Waals surface area contributed by atoms with E-state index in [4.69, 9.17) is 0 Å². The molecule has 27 heavy (non-hydrogen) atoms. The fourth-order valence-corrected chi connectivity index (χ4v) is 4.10. The Kier molecular flexibility index (Phi) is 5.82. The average molecular weight is 388 g/mol. The van der Waals surface area contributed by atoms with Gasteiger partial charge in [0.15, 0.2) is 0 Å². The summed E-state index contributed by atoms with van der Waals surface area (Å²) < 4.78 is 27.7. The number of hydrogen-bond acceptors (Lipinski definition) is 4. The lowest BCUT2D eigenvalue weighted by atomic mass is 10.1. The number of rotatable bonds is 6. The van der Waals surface area contributed by atoms with Crippen molar-refractivity contribution in [3.8, 4) is 0 Å². The normalized spacial score (nSPS) is 16.9. The van der Waals surface area contributed by atoms with Gasteiger partial charge in [0.25, 0.3) is 15.9 Å². The lowest BCUT2D eigenvalue weighted by Crippen LogP contribution is -2.37. The predicted octanol–water partition coefficient (Wildman–Crippen LogP) is 2.59. The van der Waals surface area contributed by atoms with Crippen LogP contribution in [0.25, 0.3) is 0 Å². The molecule has 0 spiro atoms. The minimum Gasteiger partial charge on any atom is -0.350 e. The molecule has 3 rings (SSSR count). The van der Waals surface area contributed by atoms with Crippen molar-refractivity contribution >= 4 is 21.6 Å². The van der Waals surface area contributed by atoms with Crippen molar-refractivity contribution in [3.63, 3.8) is 0 Å². The maximum Gasteiger partial charge on any atom is 0.261 e. The minimum absolute atomic E-state index is 0.120. The SMILES string of the molecule is Cc1ccc(NS(=O)(=O)c2ccc(C(=O)NCC3CCCN3)cc2)cc1C. The molecule has 0 bridgehead atoms. The maximum atomic E-state index is 12.6. The molecule has 6 nitrogen and oxygen atoms in total. The Morgan fingerprint density at radius 3 is 2.48 bits per heavy atom. The van der Waals surface area contributed by atoms with Crippen molar-refractivity contribution in [2.24, 2.45) is 0 Å². The first-order chi connectivity index (χ1) is 12.8. The molecule has 1 saturated heterocycles. The van der Waals surface area contributed by atoms with Crippen LogP contribution in [0.5, 0.6) is 0 Å². The molecule has 1 unspecified atom stereocenters. The summed E-state index contributed by atoms with van der Waals surface area (Å²) in [5.74, 6) is -0.199. The van der Waals surface area contributed by atoms with Crippen LogP contribution in [0.1, 0.15) is 34.3 Å². The van der Waals surface area contributed by atoms with Crippen LogP contribution in [0.2, 0.25) is 0 Å². The number of amides is 1. The van der Waals surface area contributed by atoms with E-state index in [9.17, 15) is 13.2 Å². The Morgan fingerprint density at radius 2 is 1.85 bits per heavy atom. The predicted molar refractivity (Wildman–Crippen MR) is 107 cm³/mol. The number of aryl methyl sites for hydroxylation is 2. The first-order valence-electron chi connectivity index (χ1n) is 9.07. The Hall–Kier alpha value is -2.38. The smallest absolute Gasteiger partial charge is 0.261 e. The quantitative estimate of drug-likeness (QED) is 0.711.